The highest BCUT2D eigenvalue weighted by atomic mass is 16.5. The first-order valence-corrected chi connectivity index (χ1v) is 9.39. The van der Waals surface area contributed by atoms with Crippen LogP contribution >= 0.6 is 0 Å². The van der Waals surface area contributed by atoms with Gasteiger partial charge in [-0.05, 0) is 37.5 Å². The summed E-state index contributed by atoms with van der Waals surface area (Å²) in [5.74, 6) is 1.65. The smallest absolute Gasteiger partial charge is 0.222 e. The molecule has 2 N–H and O–H groups in total. The fourth-order valence-electron chi connectivity index (χ4n) is 3.85. The minimum absolute atomic E-state index is 0.343. The molecule has 2 fully saturated rings. The number of piperazine rings is 1. The predicted molar refractivity (Wildman–Crippen MR) is 105 cm³/mol. The molecule has 6 heteroatoms. The van der Waals surface area contributed by atoms with Gasteiger partial charge in [0.15, 0.2) is 0 Å². The van der Waals surface area contributed by atoms with E-state index >= 15 is 0 Å². The van der Waals surface area contributed by atoms with Gasteiger partial charge in [0.05, 0.1) is 12.3 Å². The van der Waals surface area contributed by atoms with Crippen molar-refractivity contribution >= 4 is 17.5 Å². The fraction of sp³-hybridized carbons (Fsp3) is 0.500. The molecule has 26 heavy (non-hydrogen) atoms. The van der Waals surface area contributed by atoms with E-state index in [0.29, 0.717) is 11.9 Å². The first kappa shape index (κ1) is 17.1. The second kappa shape index (κ2) is 7.11. The number of nitrogen functional groups attached to an aromatic ring is 1. The van der Waals surface area contributed by atoms with Gasteiger partial charge in [0.25, 0.3) is 0 Å². The Morgan fingerprint density at radius 3 is 2.54 bits per heavy atom. The van der Waals surface area contributed by atoms with Crippen molar-refractivity contribution < 1.29 is 4.74 Å². The Morgan fingerprint density at radius 2 is 1.81 bits per heavy atom. The average Bonchev–Trinajstić information content (AvgIpc) is 3.18. The number of hydrogen-bond acceptors (Lipinski definition) is 6. The highest BCUT2D eigenvalue weighted by Gasteiger charge is 2.24. The number of nitrogens with two attached hydrogens (primary N) is 1. The van der Waals surface area contributed by atoms with Gasteiger partial charge in [0.2, 0.25) is 5.95 Å². The van der Waals surface area contributed by atoms with Crippen LogP contribution in [0.5, 0.6) is 0 Å². The zero-order valence-corrected chi connectivity index (χ0v) is 15.6. The lowest BCUT2D eigenvalue weighted by molar-refractivity contribution is 0.193. The van der Waals surface area contributed by atoms with E-state index in [1.807, 2.05) is 0 Å². The molecule has 0 bridgehead atoms. The molecule has 0 spiro atoms. The SMILES string of the molecule is Cc1ccc(C)c(N2CCN(c3cc(C4CCOC4)nc(N)n3)CC2)c1. The molecule has 0 amide bonds. The predicted octanol–water partition coefficient (Wildman–Crippen LogP) is 2.51. The number of hydrogen-bond donors (Lipinski definition) is 1. The van der Waals surface area contributed by atoms with Gasteiger partial charge in [-0.25, -0.2) is 4.98 Å². The molecule has 2 aliphatic rings. The van der Waals surface area contributed by atoms with Crippen LogP contribution in [-0.2, 0) is 4.74 Å². The molecule has 6 nitrogen and oxygen atoms in total. The molecule has 1 aromatic carbocycles. The normalized spacial score (nSPS) is 20.6. The standard InChI is InChI=1S/C20H27N5O/c1-14-3-4-15(2)18(11-14)24-6-8-25(9-7-24)19-12-17(22-20(21)23-19)16-5-10-26-13-16/h3-4,11-12,16H,5-10,13H2,1-2H3,(H2,21,22,23). The summed E-state index contributed by atoms with van der Waals surface area (Å²) in [6.07, 6.45) is 1.01. The third kappa shape index (κ3) is 3.46. The van der Waals surface area contributed by atoms with Gasteiger partial charge in [-0.2, -0.15) is 4.98 Å². The third-order valence-electron chi connectivity index (χ3n) is 5.41. The van der Waals surface area contributed by atoms with Crippen molar-refractivity contribution in [2.45, 2.75) is 26.2 Å². The van der Waals surface area contributed by atoms with E-state index in [9.17, 15) is 0 Å². The van der Waals surface area contributed by atoms with Crippen LogP contribution in [0, 0.1) is 13.8 Å². The van der Waals surface area contributed by atoms with E-state index in [1.54, 1.807) is 0 Å². The minimum Gasteiger partial charge on any atom is -0.381 e. The van der Waals surface area contributed by atoms with Crippen molar-refractivity contribution in [2.24, 2.45) is 0 Å². The van der Waals surface area contributed by atoms with Gasteiger partial charge < -0.3 is 20.3 Å². The molecular formula is C20H27N5O. The molecule has 4 rings (SSSR count). The largest absolute Gasteiger partial charge is 0.381 e. The molecule has 2 aromatic rings. The monoisotopic (exact) mass is 353 g/mol. The number of anilines is 3. The van der Waals surface area contributed by atoms with Crippen LogP contribution in [-0.4, -0.2) is 49.4 Å². The van der Waals surface area contributed by atoms with E-state index in [-0.39, 0.29) is 0 Å². The van der Waals surface area contributed by atoms with Crippen molar-refractivity contribution in [1.82, 2.24) is 9.97 Å². The second-order valence-electron chi connectivity index (χ2n) is 7.33. The first-order valence-electron chi connectivity index (χ1n) is 9.39. The van der Waals surface area contributed by atoms with Gasteiger partial charge in [0.1, 0.15) is 5.82 Å². The van der Waals surface area contributed by atoms with Crippen LogP contribution < -0.4 is 15.5 Å². The van der Waals surface area contributed by atoms with Crippen molar-refractivity contribution in [2.75, 3.05) is 54.9 Å². The Morgan fingerprint density at radius 1 is 1.04 bits per heavy atom. The quantitative estimate of drug-likeness (QED) is 0.914. The molecule has 138 valence electrons. The summed E-state index contributed by atoms with van der Waals surface area (Å²) < 4.78 is 5.50. The molecule has 0 radical (unpaired) electrons. The lowest BCUT2D eigenvalue weighted by Crippen LogP contribution is -2.47. The number of benzene rings is 1. The lowest BCUT2D eigenvalue weighted by Gasteiger charge is -2.37. The van der Waals surface area contributed by atoms with Crippen LogP contribution in [0.2, 0.25) is 0 Å². The zero-order valence-electron chi connectivity index (χ0n) is 15.6. The summed E-state index contributed by atoms with van der Waals surface area (Å²) in [7, 11) is 0. The van der Waals surface area contributed by atoms with E-state index in [0.717, 1.165) is 57.3 Å². The second-order valence-corrected chi connectivity index (χ2v) is 7.33. The molecule has 1 unspecified atom stereocenters. The van der Waals surface area contributed by atoms with Gasteiger partial charge in [-0.3, -0.25) is 0 Å². The minimum atomic E-state index is 0.343. The van der Waals surface area contributed by atoms with Gasteiger partial charge in [-0.1, -0.05) is 12.1 Å². The highest BCUT2D eigenvalue weighted by molar-refractivity contribution is 5.56. The highest BCUT2D eigenvalue weighted by Crippen LogP contribution is 2.28. The summed E-state index contributed by atoms with van der Waals surface area (Å²) in [6.45, 7) is 9.70. The van der Waals surface area contributed by atoms with E-state index in [1.165, 1.54) is 16.8 Å². The number of ether oxygens (including phenoxy) is 1. The van der Waals surface area contributed by atoms with Crippen LogP contribution in [0.3, 0.4) is 0 Å². The summed E-state index contributed by atoms with van der Waals surface area (Å²) in [4.78, 5) is 13.7. The summed E-state index contributed by atoms with van der Waals surface area (Å²) in [6, 6.07) is 8.76. The number of aryl methyl sites for hydroxylation is 2. The number of rotatable bonds is 3. The maximum absolute atomic E-state index is 5.99. The Balaban J connectivity index is 1.48. The first-order chi connectivity index (χ1) is 12.6. The Kier molecular flexibility index (Phi) is 4.68. The summed E-state index contributed by atoms with van der Waals surface area (Å²) in [5.41, 5.74) is 11.0. The summed E-state index contributed by atoms with van der Waals surface area (Å²) in [5, 5.41) is 0. The van der Waals surface area contributed by atoms with Crippen molar-refractivity contribution in [3.8, 4) is 0 Å². The molecule has 1 aromatic heterocycles. The molecule has 0 aliphatic carbocycles. The fourth-order valence-corrected chi connectivity index (χ4v) is 3.85. The van der Waals surface area contributed by atoms with Gasteiger partial charge >= 0.3 is 0 Å². The average molecular weight is 353 g/mol. The maximum Gasteiger partial charge on any atom is 0.222 e. The van der Waals surface area contributed by atoms with Crippen LogP contribution in [0.25, 0.3) is 0 Å². The Hall–Kier alpha value is -2.34. The van der Waals surface area contributed by atoms with Crippen molar-refractivity contribution in [3.63, 3.8) is 0 Å². The Labute approximate surface area is 155 Å². The summed E-state index contributed by atoms with van der Waals surface area (Å²) >= 11 is 0. The van der Waals surface area contributed by atoms with Crippen LogP contribution in [0.1, 0.15) is 29.2 Å². The van der Waals surface area contributed by atoms with Gasteiger partial charge in [0, 0.05) is 50.5 Å². The van der Waals surface area contributed by atoms with Gasteiger partial charge in [-0.15, -0.1) is 0 Å². The number of aromatic nitrogens is 2. The van der Waals surface area contributed by atoms with Crippen LogP contribution in [0.4, 0.5) is 17.5 Å². The van der Waals surface area contributed by atoms with Crippen molar-refractivity contribution in [1.29, 1.82) is 0 Å². The molecule has 1 atom stereocenters. The van der Waals surface area contributed by atoms with E-state index in [2.05, 4.69) is 57.9 Å². The lowest BCUT2D eigenvalue weighted by atomic mass is 10.0. The molecule has 2 saturated heterocycles. The Bertz CT molecular complexity index is 780. The molecule has 2 aliphatic heterocycles. The molecule has 0 saturated carbocycles. The van der Waals surface area contributed by atoms with Crippen LogP contribution in [0.15, 0.2) is 24.3 Å². The topological polar surface area (TPSA) is 67.5 Å². The van der Waals surface area contributed by atoms with E-state index < -0.39 is 0 Å². The third-order valence-corrected chi connectivity index (χ3v) is 5.41. The van der Waals surface area contributed by atoms with E-state index in [4.69, 9.17) is 10.5 Å². The molecule has 3 heterocycles. The molecular weight excluding hydrogens is 326 g/mol. The van der Waals surface area contributed by atoms with Crippen molar-refractivity contribution in [3.05, 3.63) is 41.1 Å². The zero-order chi connectivity index (χ0) is 18.1. The maximum atomic E-state index is 5.99. The number of nitrogens with zero attached hydrogens (tertiary/aromatic N) is 4.